The van der Waals surface area contributed by atoms with E-state index in [1.54, 1.807) is 0 Å². The molecule has 2 rings (SSSR count). The normalized spacial score (nSPS) is 28.2. The predicted molar refractivity (Wildman–Crippen MR) is 72.6 cm³/mol. The molecule has 3 heteroatoms. The van der Waals surface area contributed by atoms with Crippen LogP contribution in [0.4, 0.5) is 0 Å². The fraction of sp³-hybridized carbons (Fsp3) is 0.600. The smallest absolute Gasteiger partial charge is 0.0758 e. The van der Waals surface area contributed by atoms with E-state index in [1.807, 2.05) is 25.1 Å². The largest absolute Gasteiger partial charge is 0.395 e. The van der Waals surface area contributed by atoms with Crippen LogP contribution in [0.2, 0.25) is 0 Å². The number of β-amino-alcohol motifs (C(OH)–C–C–N with tert-alkyl or cyclic N) is 1. The predicted octanol–water partition coefficient (Wildman–Crippen LogP) is 1.39. The maximum absolute atomic E-state index is 10.0. The maximum Gasteiger partial charge on any atom is 0.0758 e. The minimum Gasteiger partial charge on any atom is -0.395 e. The lowest BCUT2D eigenvalue weighted by Crippen LogP contribution is -2.42. The van der Waals surface area contributed by atoms with E-state index in [1.165, 1.54) is 0 Å². The summed E-state index contributed by atoms with van der Waals surface area (Å²) in [5.74, 6) is 0. The molecule has 0 saturated carbocycles. The number of hydrogen-bond donors (Lipinski definition) is 2. The van der Waals surface area contributed by atoms with Gasteiger partial charge in [-0.15, -0.1) is 0 Å². The molecule has 1 saturated heterocycles. The zero-order chi connectivity index (χ0) is 13.2. The van der Waals surface area contributed by atoms with E-state index >= 15 is 0 Å². The number of nitrogens with zero attached hydrogens (tertiary/aromatic N) is 1. The Balaban J connectivity index is 2.10. The van der Waals surface area contributed by atoms with Crippen LogP contribution < -0.4 is 0 Å². The van der Waals surface area contributed by atoms with Crippen molar-refractivity contribution in [1.29, 1.82) is 0 Å². The number of benzene rings is 1. The molecule has 3 nitrogen and oxygen atoms in total. The third-order valence-electron chi connectivity index (χ3n) is 3.92. The van der Waals surface area contributed by atoms with Crippen molar-refractivity contribution in [3.8, 4) is 0 Å². The van der Waals surface area contributed by atoms with Gasteiger partial charge in [0, 0.05) is 25.0 Å². The van der Waals surface area contributed by atoms with Crippen LogP contribution in [0.5, 0.6) is 0 Å². The summed E-state index contributed by atoms with van der Waals surface area (Å²) in [5.41, 5.74) is 0.313. The summed E-state index contributed by atoms with van der Waals surface area (Å²) in [6.45, 7) is 6.45. The van der Waals surface area contributed by atoms with Crippen LogP contribution in [0.3, 0.4) is 0 Å². The average Bonchev–Trinajstić information content (AvgIpc) is 2.69. The van der Waals surface area contributed by atoms with E-state index in [0.717, 1.165) is 25.1 Å². The Kier molecular flexibility index (Phi) is 3.76. The fourth-order valence-corrected chi connectivity index (χ4v) is 2.74. The summed E-state index contributed by atoms with van der Waals surface area (Å²) in [5, 5.41) is 19.7. The Labute approximate surface area is 109 Å². The van der Waals surface area contributed by atoms with Crippen molar-refractivity contribution >= 4 is 0 Å². The van der Waals surface area contributed by atoms with E-state index in [4.69, 9.17) is 0 Å². The molecule has 1 aromatic carbocycles. The Morgan fingerprint density at radius 1 is 1.33 bits per heavy atom. The van der Waals surface area contributed by atoms with Crippen LogP contribution in [-0.2, 0) is 5.41 Å². The average molecular weight is 249 g/mol. The van der Waals surface area contributed by atoms with Gasteiger partial charge in [-0.05, 0) is 18.9 Å². The molecule has 18 heavy (non-hydrogen) atoms. The van der Waals surface area contributed by atoms with Crippen molar-refractivity contribution in [2.45, 2.75) is 31.3 Å². The lowest BCUT2D eigenvalue weighted by Gasteiger charge is -2.33. The lowest BCUT2D eigenvalue weighted by molar-refractivity contribution is 0.0625. The van der Waals surface area contributed by atoms with Crippen LogP contribution in [0.1, 0.15) is 25.8 Å². The first-order valence-electron chi connectivity index (χ1n) is 6.56. The Morgan fingerprint density at radius 3 is 2.50 bits per heavy atom. The minimum absolute atomic E-state index is 0.121. The van der Waals surface area contributed by atoms with E-state index < -0.39 is 5.60 Å². The molecule has 0 radical (unpaired) electrons. The van der Waals surface area contributed by atoms with E-state index in [2.05, 4.69) is 24.0 Å². The van der Waals surface area contributed by atoms with Gasteiger partial charge in [0.25, 0.3) is 0 Å². The first kappa shape index (κ1) is 13.5. The molecule has 1 fully saturated rings. The molecule has 1 aliphatic heterocycles. The number of aliphatic hydroxyl groups is 2. The van der Waals surface area contributed by atoms with Gasteiger partial charge in [-0.1, -0.05) is 37.3 Å². The second-order valence-electron chi connectivity index (χ2n) is 6.04. The molecule has 0 aliphatic carbocycles. The van der Waals surface area contributed by atoms with Gasteiger partial charge in [0.05, 0.1) is 12.2 Å². The number of hydrogen-bond acceptors (Lipinski definition) is 3. The highest BCUT2D eigenvalue weighted by Crippen LogP contribution is 2.28. The molecule has 1 aromatic rings. The molecule has 0 amide bonds. The molecule has 2 atom stereocenters. The highest BCUT2D eigenvalue weighted by atomic mass is 16.3. The molecular weight excluding hydrogens is 226 g/mol. The molecule has 100 valence electrons. The summed E-state index contributed by atoms with van der Waals surface area (Å²) in [6, 6.07) is 10.1. The van der Waals surface area contributed by atoms with Crippen molar-refractivity contribution in [1.82, 2.24) is 4.90 Å². The zero-order valence-corrected chi connectivity index (χ0v) is 11.3. The molecular formula is C15H23NO2. The fourth-order valence-electron chi connectivity index (χ4n) is 2.74. The maximum atomic E-state index is 10.0. The quantitative estimate of drug-likeness (QED) is 0.847. The number of likely N-dealkylation sites (tertiary alicyclic amines) is 1. The first-order chi connectivity index (χ1) is 8.45. The second-order valence-corrected chi connectivity index (χ2v) is 6.04. The standard InChI is InChI=1S/C15H23NO2/c1-14(12-17,13-6-4-3-5-7-13)10-16-9-8-15(2,18)11-16/h3-7,17-18H,8-12H2,1-2H3. The zero-order valence-electron chi connectivity index (χ0n) is 11.3. The second kappa shape index (κ2) is 5.00. The highest BCUT2D eigenvalue weighted by Gasteiger charge is 2.36. The minimum atomic E-state index is -0.576. The van der Waals surface area contributed by atoms with Gasteiger partial charge in [0.15, 0.2) is 0 Å². The summed E-state index contributed by atoms with van der Waals surface area (Å²) in [7, 11) is 0. The van der Waals surface area contributed by atoms with Crippen molar-refractivity contribution in [3.05, 3.63) is 35.9 Å². The molecule has 2 N–H and O–H groups in total. The Hall–Kier alpha value is -0.900. The van der Waals surface area contributed by atoms with Crippen LogP contribution in [0.25, 0.3) is 0 Å². The summed E-state index contributed by atoms with van der Waals surface area (Å²) >= 11 is 0. The third-order valence-corrected chi connectivity index (χ3v) is 3.92. The van der Waals surface area contributed by atoms with Gasteiger partial charge >= 0.3 is 0 Å². The van der Waals surface area contributed by atoms with Crippen molar-refractivity contribution in [2.75, 3.05) is 26.2 Å². The topological polar surface area (TPSA) is 43.7 Å². The molecule has 1 aliphatic rings. The van der Waals surface area contributed by atoms with Gasteiger partial charge < -0.3 is 10.2 Å². The summed E-state index contributed by atoms with van der Waals surface area (Å²) in [6.07, 6.45) is 0.809. The first-order valence-corrected chi connectivity index (χ1v) is 6.56. The SMILES string of the molecule is CC1(O)CCN(CC(C)(CO)c2ccccc2)C1. The number of rotatable bonds is 4. The van der Waals surface area contributed by atoms with Crippen molar-refractivity contribution < 1.29 is 10.2 Å². The third kappa shape index (κ3) is 2.91. The van der Waals surface area contributed by atoms with Crippen LogP contribution in [-0.4, -0.2) is 47.0 Å². The molecule has 0 spiro atoms. The Morgan fingerprint density at radius 2 is 2.00 bits per heavy atom. The van der Waals surface area contributed by atoms with E-state index in [-0.39, 0.29) is 12.0 Å². The van der Waals surface area contributed by atoms with E-state index in [0.29, 0.717) is 6.54 Å². The van der Waals surface area contributed by atoms with Crippen LogP contribution in [0.15, 0.2) is 30.3 Å². The number of aliphatic hydroxyl groups excluding tert-OH is 1. The van der Waals surface area contributed by atoms with Gasteiger partial charge in [-0.25, -0.2) is 0 Å². The van der Waals surface area contributed by atoms with Gasteiger partial charge in [0.1, 0.15) is 0 Å². The molecule has 2 unspecified atom stereocenters. The van der Waals surface area contributed by atoms with Crippen molar-refractivity contribution in [3.63, 3.8) is 0 Å². The van der Waals surface area contributed by atoms with Gasteiger partial charge in [-0.2, -0.15) is 0 Å². The summed E-state index contributed by atoms with van der Waals surface area (Å²) < 4.78 is 0. The lowest BCUT2D eigenvalue weighted by atomic mass is 9.83. The Bertz CT molecular complexity index is 391. The van der Waals surface area contributed by atoms with E-state index in [9.17, 15) is 10.2 Å². The van der Waals surface area contributed by atoms with Crippen molar-refractivity contribution in [2.24, 2.45) is 0 Å². The molecule has 1 heterocycles. The monoisotopic (exact) mass is 249 g/mol. The molecule has 0 bridgehead atoms. The van der Waals surface area contributed by atoms with Crippen LogP contribution >= 0.6 is 0 Å². The van der Waals surface area contributed by atoms with Gasteiger partial charge in [-0.3, -0.25) is 4.90 Å². The van der Waals surface area contributed by atoms with Gasteiger partial charge in [0.2, 0.25) is 0 Å². The highest BCUT2D eigenvalue weighted by molar-refractivity contribution is 5.25. The molecule has 0 aromatic heterocycles. The summed E-state index contributed by atoms with van der Waals surface area (Å²) in [4.78, 5) is 2.24. The van der Waals surface area contributed by atoms with Crippen LogP contribution in [0, 0.1) is 0 Å².